The van der Waals surface area contributed by atoms with Gasteiger partial charge in [-0.25, -0.2) is 9.18 Å². The number of carbonyl (C=O) groups is 2. The van der Waals surface area contributed by atoms with Crippen LogP contribution in [-0.2, 0) is 14.3 Å². The van der Waals surface area contributed by atoms with Crippen molar-refractivity contribution in [2.75, 3.05) is 7.11 Å². The summed E-state index contributed by atoms with van der Waals surface area (Å²) in [7, 11) is 0.940. The number of ether oxygens (including phenoxy) is 1. The second-order valence-electron chi connectivity index (χ2n) is 1.73. The van der Waals surface area contributed by atoms with Crippen LogP contribution in [0.15, 0.2) is 5.18 Å². The molecule has 12 heavy (non-hydrogen) atoms. The van der Waals surface area contributed by atoms with E-state index in [1.54, 1.807) is 0 Å². The van der Waals surface area contributed by atoms with E-state index in [1.165, 1.54) is 0 Å². The Kier molecular flexibility index (Phi) is 4.35. The number of halogens is 2. The van der Waals surface area contributed by atoms with Gasteiger partial charge in [-0.2, -0.15) is 0 Å². The predicted octanol–water partition coefficient (Wildman–Crippen LogP) is 0.398. The fraction of sp³-hybridized carbons (Fsp3) is 0.600. The highest BCUT2D eigenvalue weighted by atomic mass is 35.5. The highest BCUT2D eigenvalue weighted by molar-refractivity contribution is 6.32. The number of nitroso groups, excluding NO2 is 1. The molecule has 0 bridgehead atoms. The molecule has 0 aliphatic rings. The zero-order chi connectivity index (χ0) is 9.72. The summed E-state index contributed by atoms with van der Waals surface area (Å²) >= 11 is 4.68. The third-order valence-electron chi connectivity index (χ3n) is 1.01. The van der Waals surface area contributed by atoms with Gasteiger partial charge in [0.2, 0.25) is 11.4 Å². The standard InChI is InChI=1S/C5H5ClFNO4/c1-12-5(10)2(8-11)3(9)4(6)7/h2,4H,1H3. The molecule has 0 aromatic heterocycles. The molecule has 0 radical (unpaired) electrons. The quantitative estimate of drug-likeness (QED) is 0.283. The molecule has 0 fully saturated rings. The van der Waals surface area contributed by atoms with Crippen molar-refractivity contribution < 1.29 is 18.7 Å². The van der Waals surface area contributed by atoms with Crippen molar-refractivity contribution in [1.29, 1.82) is 0 Å². The van der Waals surface area contributed by atoms with Gasteiger partial charge in [-0.15, -0.1) is 4.91 Å². The van der Waals surface area contributed by atoms with E-state index in [9.17, 15) is 18.9 Å². The Morgan fingerprint density at radius 1 is 1.58 bits per heavy atom. The first kappa shape index (κ1) is 11.0. The third kappa shape index (κ3) is 2.54. The summed E-state index contributed by atoms with van der Waals surface area (Å²) in [5, 5.41) is 2.08. The van der Waals surface area contributed by atoms with Crippen LogP contribution in [0, 0.1) is 4.91 Å². The normalized spacial score (nSPS) is 14.6. The Bertz CT molecular complexity index is 208. The van der Waals surface area contributed by atoms with Gasteiger partial charge in [-0.1, -0.05) is 11.6 Å². The molecule has 2 unspecified atom stereocenters. The lowest BCUT2D eigenvalue weighted by Crippen LogP contribution is -2.33. The molecule has 0 heterocycles. The summed E-state index contributed by atoms with van der Waals surface area (Å²) in [6.07, 6.45) is 0. The molecular weight excluding hydrogens is 193 g/mol. The van der Waals surface area contributed by atoms with Crippen molar-refractivity contribution in [2.24, 2.45) is 5.18 Å². The summed E-state index contributed by atoms with van der Waals surface area (Å²) in [4.78, 5) is 31.0. The van der Waals surface area contributed by atoms with Crippen LogP contribution < -0.4 is 0 Å². The number of hydrogen-bond donors (Lipinski definition) is 0. The van der Waals surface area contributed by atoms with Gasteiger partial charge in [0, 0.05) is 0 Å². The second kappa shape index (κ2) is 4.76. The highest BCUT2D eigenvalue weighted by Gasteiger charge is 2.33. The summed E-state index contributed by atoms with van der Waals surface area (Å²) in [5.74, 6) is -2.64. The summed E-state index contributed by atoms with van der Waals surface area (Å²) in [6, 6.07) is -2.01. The Morgan fingerprint density at radius 3 is 2.33 bits per heavy atom. The largest absolute Gasteiger partial charge is 0.467 e. The fourth-order valence-corrected chi connectivity index (χ4v) is 0.561. The van der Waals surface area contributed by atoms with E-state index in [0.29, 0.717) is 0 Å². The minimum absolute atomic E-state index is 0.940. The highest BCUT2D eigenvalue weighted by Crippen LogP contribution is 2.06. The van der Waals surface area contributed by atoms with Gasteiger partial charge in [-0.05, 0) is 5.18 Å². The first-order chi connectivity index (χ1) is 5.54. The van der Waals surface area contributed by atoms with Crippen molar-refractivity contribution in [1.82, 2.24) is 0 Å². The van der Waals surface area contributed by atoms with Crippen LogP contribution in [0.2, 0.25) is 0 Å². The number of rotatable bonds is 4. The van der Waals surface area contributed by atoms with E-state index < -0.39 is 23.4 Å². The molecule has 0 saturated carbocycles. The molecule has 0 aromatic rings. The Hall–Kier alpha value is -1.04. The van der Waals surface area contributed by atoms with Crippen molar-refractivity contribution in [3.05, 3.63) is 4.91 Å². The zero-order valence-corrected chi connectivity index (χ0v) is 6.75. The molecule has 0 saturated heterocycles. The van der Waals surface area contributed by atoms with E-state index in [4.69, 9.17) is 0 Å². The number of alkyl halides is 2. The Labute approximate surface area is 71.8 Å². The van der Waals surface area contributed by atoms with Gasteiger partial charge < -0.3 is 4.74 Å². The molecule has 2 atom stereocenters. The van der Waals surface area contributed by atoms with Gasteiger partial charge in [0.15, 0.2) is 0 Å². The molecule has 0 rings (SSSR count). The van der Waals surface area contributed by atoms with Gasteiger partial charge >= 0.3 is 5.97 Å². The number of nitrogens with zero attached hydrogens (tertiary/aromatic N) is 1. The molecule has 7 heteroatoms. The summed E-state index contributed by atoms with van der Waals surface area (Å²) < 4.78 is 16.0. The number of hydrogen-bond acceptors (Lipinski definition) is 5. The number of esters is 1. The number of ketones is 1. The Balaban J connectivity index is 4.45. The van der Waals surface area contributed by atoms with E-state index in [2.05, 4.69) is 21.5 Å². The molecular formula is C5H5ClFNO4. The van der Waals surface area contributed by atoms with Gasteiger partial charge in [-0.3, -0.25) is 4.79 Å². The lowest BCUT2D eigenvalue weighted by atomic mass is 10.2. The molecule has 5 nitrogen and oxygen atoms in total. The van der Waals surface area contributed by atoms with Crippen molar-refractivity contribution in [3.63, 3.8) is 0 Å². The van der Waals surface area contributed by atoms with Crippen LogP contribution in [-0.4, -0.2) is 30.5 Å². The monoisotopic (exact) mass is 197 g/mol. The Morgan fingerprint density at radius 2 is 2.08 bits per heavy atom. The molecule has 68 valence electrons. The van der Waals surface area contributed by atoms with Crippen LogP contribution in [0.25, 0.3) is 0 Å². The van der Waals surface area contributed by atoms with E-state index in [1.807, 2.05) is 0 Å². The van der Waals surface area contributed by atoms with Crippen LogP contribution >= 0.6 is 11.6 Å². The van der Waals surface area contributed by atoms with Crippen molar-refractivity contribution >= 4 is 23.4 Å². The van der Waals surface area contributed by atoms with Gasteiger partial charge in [0.25, 0.3) is 6.04 Å². The zero-order valence-electron chi connectivity index (χ0n) is 5.99. The van der Waals surface area contributed by atoms with Gasteiger partial charge in [0.1, 0.15) is 0 Å². The van der Waals surface area contributed by atoms with Crippen molar-refractivity contribution in [2.45, 2.75) is 11.7 Å². The predicted molar refractivity (Wildman–Crippen MR) is 37.4 cm³/mol. The van der Waals surface area contributed by atoms with Crippen LogP contribution in [0.5, 0.6) is 0 Å². The molecule has 0 aliphatic heterocycles. The molecule has 0 aromatic carbocycles. The number of carbonyl (C=O) groups excluding carboxylic acids is 2. The maximum Gasteiger partial charge on any atom is 0.342 e. The van der Waals surface area contributed by atoms with Crippen LogP contribution in [0.1, 0.15) is 0 Å². The lowest BCUT2D eigenvalue weighted by molar-refractivity contribution is -0.145. The first-order valence-corrected chi connectivity index (χ1v) is 3.20. The molecule has 0 spiro atoms. The third-order valence-corrected chi connectivity index (χ3v) is 1.23. The number of methoxy groups -OCH3 is 1. The topological polar surface area (TPSA) is 72.8 Å². The maximum absolute atomic E-state index is 12.0. The lowest BCUT2D eigenvalue weighted by Gasteiger charge is -2.04. The average Bonchev–Trinajstić information content (AvgIpc) is 2.05. The minimum Gasteiger partial charge on any atom is -0.467 e. The maximum atomic E-state index is 12.0. The van der Waals surface area contributed by atoms with Crippen LogP contribution in [0.4, 0.5) is 4.39 Å². The van der Waals surface area contributed by atoms with E-state index in [-0.39, 0.29) is 0 Å². The van der Waals surface area contributed by atoms with E-state index >= 15 is 0 Å². The summed E-state index contributed by atoms with van der Waals surface area (Å²) in [6.45, 7) is 0. The summed E-state index contributed by atoms with van der Waals surface area (Å²) in [5.41, 5.74) is -2.42. The van der Waals surface area contributed by atoms with Crippen LogP contribution in [0.3, 0.4) is 0 Å². The number of Topliss-reactive ketones (excluding diaryl/α,β-unsaturated/α-hetero) is 1. The SMILES string of the molecule is COC(=O)C(N=O)C(=O)C(F)Cl. The smallest absolute Gasteiger partial charge is 0.342 e. The van der Waals surface area contributed by atoms with Gasteiger partial charge in [0.05, 0.1) is 7.11 Å². The molecule has 0 N–H and O–H groups in total. The average molecular weight is 198 g/mol. The van der Waals surface area contributed by atoms with E-state index in [0.717, 1.165) is 7.11 Å². The first-order valence-electron chi connectivity index (χ1n) is 2.76. The fourth-order valence-electron chi connectivity index (χ4n) is 0.442. The molecule has 0 aliphatic carbocycles. The molecule has 0 amide bonds. The minimum atomic E-state index is -2.42. The second-order valence-corrected chi connectivity index (χ2v) is 2.12. The van der Waals surface area contributed by atoms with Crippen molar-refractivity contribution in [3.8, 4) is 0 Å².